The molecular weight excluding hydrogens is 416 g/mol. The molecule has 156 valence electrons. The van der Waals surface area contributed by atoms with Gasteiger partial charge in [-0.15, -0.1) is 0 Å². The molecule has 1 amide bonds. The Kier molecular flexibility index (Phi) is 5.48. The SMILES string of the molecule is COc1ccc(Cl)c(/C(O)=C2\C(=O)C(=O)N(c3ccccc3C)C2c2cccnc2)c1. The van der Waals surface area contributed by atoms with Gasteiger partial charge in [0.1, 0.15) is 11.5 Å². The molecule has 0 aliphatic carbocycles. The molecule has 1 saturated heterocycles. The number of nitrogens with zero attached hydrogens (tertiary/aromatic N) is 2. The van der Waals surface area contributed by atoms with Crippen LogP contribution < -0.4 is 9.64 Å². The van der Waals surface area contributed by atoms with Gasteiger partial charge < -0.3 is 9.84 Å². The Morgan fingerprint density at radius 1 is 1.13 bits per heavy atom. The van der Waals surface area contributed by atoms with Crippen molar-refractivity contribution in [2.45, 2.75) is 13.0 Å². The molecule has 0 spiro atoms. The fourth-order valence-electron chi connectivity index (χ4n) is 3.73. The van der Waals surface area contributed by atoms with Crippen molar-refractivity contribution < 1.29 is 19.4 Å². The first kappa shape index (κ1) is 20.6. The van der Waals surface area contributed by atoms with Crippen molar-refractivity contribution >= 4 is 34.7 Å². The Balaban J connectivity index is 1.99. The second-order valence-corrected chi connectivity index (χ2v) is 7.49. The molecule has 1 atom stereocenters. The van der Waals surface area contributed by atoms with Crippen LogP contribution in [0.2, 0.25) is 5.02 Å². The molecule has 1 fully saturated rings. The maximum atomic E-state index is 13.2. The fourth-order valence-corrected chi connectivity index (χ4v) is 3.93. The van der Waals surface area contributed by atoms with Crippen LogP contribution in [0.5, 0.6) is 5.75 Å². The van der Waals surface area contributed by atoms with Crippen LogP contribution in [0.15, 0.2) is 72.6 Å². The van der Waals surface area contributed by atoms with Crippen LogP contribution in [0, 0.1) is 6.92 Å². The molecule has 31 heavy (non-hydrogen) atoms. The van der Waals surface area contributed by atoms with E-state index in [-0.39, 0.29) is 21.9 Å². The first-order valence-corrected chi connectivity index (χ1v) is 9.92. The lowest BCUT2D eigenvalue weighted by Gasteiger charge is -2.26. The zero-order valence-corrected chi connectivity index (χ0v) is 17.6. The number of hydrogen-bond donors (Lipinski definition) is 1. The lowest BCUT2D eigenvalue weighted by molar-refractivity contribution is -0.132. The number of anilines is 1. The topological polar surface area (TPSA) is 79.7 Å². The summed E-state index contributed by atoms with van der Waals surface area (Å²) in [6.45, 7) is 1.86. The number of halogens is 1. The molecule has 0 bridgehead atoms. The largest absolute Gasteiger partial charge is 0.507 e. The van der Waals surface area contributed by atoms with Crippen molar-refractivity contribution in [2.24, 2.45) is 0 Å². The number of pyridine rings is 1. The van der Waals surface area contributed by atoms with E-state index >= 15 is 0 Å². The predicted octanol–water partition coefficient (Wildman–Crippen LogP) is 4.68. The third-order valence-electron chi connectivity index (χ3n) is 5.25. The smallest absolute Gasteiger partial charge is 0.300 e. The van der Waals surface area contributed by atoms with Crippen LogP contribution in [0.25, 0.3) is 5.76 Å². The van der Waals surface area contributed by atoms with Gasteiger partial charge in [-0.25, -0.2) is 0 Å². The molecule has 0 saturated carbocycles. The van der Waals surface area contributed by atoms with E-state index in [1.807, 2.05) is 19.1 Å². The zero-order valence-electron chi connectivity index (χ0n) is 16.9. The number of para-hydroxylation sites is 1. The van der Waals surface area contributed by atoms with Crippen LogP contribution in [0.4, 0.5) is 5.69 Å². The number of aromatic nitrogens is 1. The molecule has 1 aliphatic rings. The summed E-state index contributed by atoms with van der Waals surface area (Å²) in [5.74, 6) is -1.44. The van der Waals surface area contributed by atoms with Gasteiger partial charge >= 0.3 is 0 Å². The normalized spacial score (nSPS) is 17.8. The minimum Gasteiger partial charge on any atom is -0.507 e. The number of amides is 1. The summed E-state index contributed by atoms with van der Waals surface area (Å²) >= 11 is 6.31. The highest BCUT2D eigenvalue weighted by Gasteiger charge is 2.47. The summed E-state index contributed by atoms with van der Waals surface area (Å²) in [4.78, 5) is 31.8. The quantitative estimate of drug-likeness (QED) is 0.366. The average molecular weight is 435 g/mol. The van der Waals surface area contributed by atoms with Gasteiger partial charge in [0.15, 0.2) is 0 Å². The monoisotopic (exact) mass is 434 g/mol. The van der Waals surface area contributed by atoms with Gasteiger partial charge in [0.05, 0.1) is 23.7 Å². The number of rotatable bonds is 4. The Morgan fingerprint density at radius 2 is 1.90 bits per heavy atom. The highest BCUT2D eigenvalue weighted by atomic mass is 35.5. The Labute approximate surface area is 184 Å². The molecule has 0 radical (unpaired) electrons. The van der Waals surface area contributed by atoms with Crippen molar-refractivity contribution in [3.05, 3.63) is 94.3 Å². The van der Waals surface area contributed by atoms with E-state index in [1.165, 1.54) is 18.1 Å². The van der Waals surface area contributed by atoms with E-state index in [9.17, 15) is 14.7 Å². The lowest BCUT2D eigenvalue weighted by Crippen LogP contribution is -2.30. The van der Waals surface area contributed by atoms with Gasteiger partial charge in [0.2, 0.25) is 0 Å². The Bertz CT molecular complexity index is 1210. The summed E-state index contributed by atoms with van der Waals surface area (Å²) in [5.41, 5.74) is 2.13. The number of aliphatic hydroxyl groups excluding tert-OH is 1. The summed E-state index contributed by atoms with van der Waals surface area (Å²) in [6.07, 6.45) is 3.17. The van der Waals surface area contributed by atoms with E-state index in [0.717, 1.165) is 5.56 Å². The highest BCUT2D eigenvalue weighted by molar-refractivity contribution is 6.52. The number of ether oxygens (including phenoxy) is 1. The first-order chi connectivity index (χ1) is 14.9. The van der Waals surface area contributed by atoms with Crippen molar-refractivity contribution in [1.29, 1.82) is 0 Å². The number of hydrogen-bond acceptors (Lipinski definition) is 5. The highest BCUT2D eigenvalue weighted by Crippen LogP contribution is 2.43. The predicted molar refractivity (Wildman–Crippen MR) is 118 cm³/mol. The number of methoxy groups -OCH3 is 1. The fraction of sp³-hybridized carbons (Fsp3) is 0.125. The first-order valence-electron chi connectivity index (χ1n) is 9.54. The van der Waals surface area contributed by atoms with E-state index in [0.29, 0.717) is 17.0 Å². The molecule has 3 aromatic rings. The molecule has 1 aromatic heterocycles. The van der Waals surface area contributed by atoms with Gasteiger partial charge in [-0.05, 0) is 48.4 Å². The van der Waals surface area contributed by atoms with Crippen LogP contribution in [-0.4, -0.2) is 28.9 Å². The number of ketones is 1. The van der Waals surface area contributed by atoms with E-state index in [4.69, 9.17) is 16.3 Å². The van der Waals surface area contributed by atoms with E-state index < -0.39 is 17.7 Å². The summed E-state index contributed by atoms with van der Waals surface area (Å²) in [6, 6.07) is 14.6. The zero-order chi connectivity index (χ0) is 22.1. The number of aryl methyl sites for hydroxylation is 1. The molecule has 1 N–H and O–H groups in total. The molecule has 1 unspecified atom stereocenters. The Morgan fingerprint density at radius 3 is 2.58 bits per heavy atom. The number of carbonyl (C=O) groups is 2. The second kappa shape index (κ2) is 8.24. The standard InChI is InChI=1S/C24H19ClN2O4/c1-14-6-3-4-8-19(14)27-21(15-7-5-11-26-13-15)20(23(29)24(27)30)22(28)17-12-16(31-2)9-10-18(17)25/h3-13,21,28H,1-2H3/b22-20+. The maximum absolute atomic E-state index is 13.2. The number of benzene rings is 2. The maximum Gasteiger partial charge on any atom is 0.300 e. The van der Waals surface area contributed by atoms with Gasteiger partial charge in [-0.2, -0.15) is 0 Å². The molecular formula is C24H19ClN2O4. The van der Waals surface area contributed by atoms with Gasteiger partial charge in [0, 0.05) is 23.6 Å². The minimum atomic E-state index is -0.864. The Hall–Kier alpha value is -3.64. The van der Waals surface area contributed by atoms with E-state index in [1.54, 1.807) is 48.8 Å². The second-order valence-electron chi connectivity index (χ2n) is 7.09. The van der Waals surface area contributed by atoms with E-state index in [2.05, 4.69) is 4.98 Å². The molecule has 2 heterocycles. The minimum absolute atomic E-state index is 0.0589. The van der Waals surface area contributed by atoms with Crippen molar-refractivity contribution in [1.82, 2.24) is 4.98 Å². The van der Waals surface area contributed by atoms with Crippen LogP contribution in [0.3, 0.4) is 0 Å². The van der Waals surface area contributed by atoms with Gasteiger partial charge in [0.25, 0.3) is 11.7 Å². The van der Waals surface area contributed by atoms with Crippen molar-refractivity contribution in [2.75, 3.05) is 12.0 Å². The average Bonchev–Trinajstić information content (AvgIpc) is 3.05. The van der Waals surface area contributed by atoms with Crippen LogP contribution in [-0.2, 0) is 9.59 Å². The van der Waals surface area contributed by atoms with Crippen LogP contribution in [0.1, 0.15) is 22.7 Å². The van der Waals surface area contributed by atoms with Crippen molar-refractivity contribution in [3.8, 4) is 5.75 Å². The summed E-state index contributed by atoms with van der Waals surface area (Å²) < 4.78 is 5.22. The van der Waals surface area contributed by atoms with Crippen molar-refractivity contribution in [3.63, 3.8) is 0 Å². The van der Waals surface area contributed by atoms with Crippen LogP contribution >= 0.6 is 11.6 Å². The molecule has 2 aromatic carbocycles. The number of Topliss-reactive ketones (excluding diaryl/α,β-unsaturated/α-hetero) is 1. The molecule has 6 nitrogen and oxygen atoms in total. The lowest BCUT2D eigenvalue weighted by atomic mass is 9.96. The third kappa shape index (κ3) is 3.55. The van der Waals surface area contributed by atoms with Gasteiger partial charge in [-0.1, -0.05) is 35.9 Å². The molecule has 1 aliphatic heterocycles. The van der Waals surface area contributed by atoms with Gasteiger partial charge in [-0.3, -0.25) is 19.5 Å². The number of aliphatic hydroxyl groups is 1. The molecule has 4 rings (SSSR count). The summed E-state index contributed by atoms with van der Waals surface area (Å²) in [5, 5.41) is 11.4. The summed E-state index contributed by atoms with van der Waals surface area (Å²) in [7, 11) is 1.49. The third-order valence-corrected chi connectivity index (χ3v) is 5.58. The molecule has 7 heteroatoms. The number of carbonyl (C=O) groups excluding carboxylic acids is 2.